The van der Waals surface area contributed by atoms with E-state index in [0.29, 0.717) is 31.8 Å². The molecule has 3 aromatic heterocycles. The van der Waals surface area contributed by atoms with Crippen LogP contribution < -0.4 is 4.84 Å². The summed E-state index contributed by atoms with van der Waals surface area (Å²) in [6.07, 6.45) is 5.81. The summed E-state index contributed by atoms with van der Waals surface area (Å²) in [6.45, 7) is 9.16. The van der Waals surface area contributed by atoms with Gasteiger partial charge in [-0.25, -0.2) is 9.97 Å². The summed E-state index contributed by atoms with van der Waals surface area (Å²) >= 11 is 0. The highest BCUT2D eigenvalue weighted by Gasteiger charge is 2.23. The molecule has 2 aromatic carbocycles. The molecular formula is C36H50N6O5. The molecule has 0 saturated heterocycles. The van der Waals surface area contributed by atoms with Crippen molar-refractivity contribution in [2.45, 2.75) is 45.6 Å². The van der Waals surface area contributed by atoms with E-state index in [2.05, 4.69) is 80.6 Å². The third kappa shape index (κ3) is 10.7. The van der Waals surface area contributed by atoms with Gasteiger partial charge >= 0.3 is 0 Å². The Hall–Kier alpha value is -4.10. The summed E-state index contributed by atoms with van der Waals surface area (Å²) in [5.41, 5.74) is 5.24. The first kappa shape index (κ1) is 37.4. The van der Waals surface area contributed by atoms with Crippen LogP contribution in [-0.4, -0.2) is 93.3 Å². The second kappa shape index (κ2) is 17.2. The fraction of sp³-hybridized carbons (Fsp3) is 0.389. The molecule has 3 heterocycles. The molecule has 0 amide bonds. The van der Waals surface area contributed by atoms with Crippen LogP contribution in [0.2, 0.25) is 0 Å². The predicted octanol–water partition coefficient (Wildman–Crippen LogP) is 4.73. The van der Waals surface area contributed by atoms with E-state index in [1.807, 2.05) is 59.8 Å². The lowest BCUT2D eigenvalue weighted by atomic mass is 10.1. The zero-order chi connectivity index (χ0) is 31.8. The summed E-state index contributed by atoms with van der Waals surface area (Å²) in [6, 6.07) is 24.5. The average molecular weight is 647 g/mol. The molecule has 0 fully saturated rings. The number of rotatable bonds is 15. The first-order valence-electron chi connectivity index (χ1n) is 15.6. The molecule has 11 heteroatoms. The number of hydrogen-bond acceptors (Lipinski definition) is 8. The van der Waals surface area contributed by atoms with Crippen molar-refractivity contribution in [3.63, 3.8) is 0 Å². The molecule has 0 unspecified atom stereocenters. The molecule has 0 radical (unpaired) electrons. The maximum Gasteiger partial charge on any atom is 0.246 e. The maximum atomic E-state index is 6.87. The Labute approximate surface area is 277 Å². The predicted molar refractivity (Wildman–Crippen MR) is 185 cm³/mol. The Kier molecular flexibility index (Phi) is 13.6. The van der Waals surface area contributed by atoms with Gasteiger partial charge in [0.15, 0.2) is 5.65 Å². The third-order valence-corrected chi connectivity index (χ3v) is 7.23. The Morgan fingerprint density at radius 3 is 2.11 bits per heavy atom. The van der Waals surface area contributed by atoms with Crippen molar-refractivity contribution in [1.29, 1.82) is 0 Å². The van der Waals surface area contributed by atoms with E-state index in [9.17, 15) is 0 Å². The topological polar surface area (TPSA) is 135 Å². The van der Waals surface area contributed by atoms with Gasteiger partial charge in [-0.3, -0.25) is 9.24 Å². The molecule has 0 atom stereocenters. The first-order chi connectivity index (χ1) is 21.6. The van der Waals surface area contributed by atoms with Gasteiger partial charge in [-0.1, -0.05) is 60.7 Å². The molecule has 0 spiro atoms. The van der Waals surface area contributed by atoms with Crippen LogP contribution in [0.5, 0.6) is 5.88 Å². The minimum Gasteiger partial charge on any atom is -0.469 e. The lowest BCUT2D eigenvalue weighted by Crippen LogP contribution is -2.40. The number of hydroxylamine groups is 4. The Morgan fingerprint density at radius 2 is 1.47 bits per heavy atom. The number of nitrogens with zero attached hydrogens (tertiary/aromatic N) is 6. The van der Waals surface area contributed by atoms with Crippen LogP contribution in [-0.2, 0) is 17.7 Å². The largest absolute Gasteiger partial charge is 0.469 e. The number of furan rings is 1. The van der Waals surface area contributed by atoms with Crippen molar-refractivity contribution < 1.29 is 25.0 Å². The smallest absolute Gasteiger partial charge is 0.246 e. The highest BCUT2D eigenvalue weighted by atomic mass is 16.7. The average Bonchev–Trinajstić information content (AvgIpc) is 3.64. The van der Waals surface area contributed by atoms with Gasteiger partial charge in [-0.05, 0) is 65.5 Å². The van der Waals surface area contributed by atoms with Crippen LogP contribution in [0.4, 0.5) is 0 Å². The van der Waals surface area contributed by atoms with E-state index in [4.69, 9.17) is 24.1 Å². The van der Waals surface area contributed by atoms with Gasteiger partial charge in [0.2, 0.25) is 5.88 Å². The lowest BCUT2D eigenvalue weighted by Gasteiger charge is -2.29. The van der Waals surface area contributed by atoms with Crippen LogP contribution in [0.3, 0.4) is 0 Å². The van der Waals surface area contributed by atoms with Crippen molar-refractivity contribution in [3.05, 3.63) is 108 Å². The second-order valence-electron chi connectivity index (χ2n) is 12.6. The molecule has 0 aliphatic carbocycles. The summed E-state index contributed by atoms with van der Waals surface area (Å²) in [7, 11) is 6.15. The highest BCUT2D eigenvalue weighted by molar-refractivity contribution is 5.63. The van der Waals surface area contributed by atoms with Gasteiger partial charge in [0, 0.05) is 44.9 Å². The number of aromatic nitrogens is 3. The van der Waals surface area contributed by atoms with Crippen LogP contribution >= 0.6 is 0 Å². The van der Waals surface area contributed by atoms with Gasteiger partial charge in [0.1, 0.15) is 11.5 Å². The molecule has 254 valence electrons. The number of imidazole rings is 1. The highest BCUT2D eigenvalue weighted by Crippen LogP contribution is 2.30. The van der Waals surface area contributed by atoms with Crippen LogP contribution in [0, 0.1) is 0 Å². The third-order valence-electron chi connectivity index (χ3n) is 7.23. The van der Waals surface area contributed by atoms with Crippen molar-refractivity contribution in [1.82, 2.24) is 29.4 Å². The summed E-state index contributed by atoms with van der Waals surface area (Å²) in [5.74, 6) is 1.49. The standard InChI is InChI=1S/C36H46N6O3.2H2O/c1-36(2,3)45-40(6)22-23-41(21-14-20-39(4)5)44-35-32(26-30-19-13-24-43-30)38-34-31(25-28-15-9-7-10-16-28)37-33(27-42(34)35)29-17-11-8-12-18-29;;/h7-13,15-19,24,27H,14,20-23,25-26H2,1-6H3;2*1H2. The maximum absolute atomic E-state index is 6.87. The van der Waals surface area contributed by atoms with Gasteiger partial charge in [0.05, 0.1) is 29.7 Å². The van der Waals surface area contributed by atoms with Crippen LogP contribution in [0.25, 0.3) is 16.9 Å². The fourth-order valence-corrected chi connectivity index (χ4v) is 5.23. The number of fused-ring (bicyclic) bond motifs is 1. The van der Waals surface area contributed by atoms with E-state index in [1.165, 1.54) is 5.56 Å². The first-order valence-corrected chi connectivity index (χ1v) is 15.6. The van der Waals surface area contributed by atoms with Gasteiger partial charge in [0.25, 0.3) is 0 Å². The Balaban J connectivity index is 0.00000300. The monoisotopic (exact) mass is 646 g/mol. The zero-order valence-corrected chi connectivity index (χ0v) is 28.4. The summed E-state index contributed by atoms with van der Waals surface area (Å²) in [5, 5.41) is 3.91. The van der Waals surface area contributed by atoms with Gasteiger partial charge in [-0.15, -0.1) is 5.06 Å². The summed E-state index contributed by atoms with van der Waals surface area (Å²) in [4.78, 5) is 25.5. The molecule has 4 N–H and O–H groups in total. The molecule has 0 saturated carbocycles. The molecule has 5 aromatic rings. The van der Waals surface area contributed by atoms with E-state index in [-0.39, 0.29) is 16.6 Å². The van der Waals surface area contributed by atoms with E-state index < -0.39 is 0 Å². The lowest BCUT2D eigenvalue weighted by molar-refractivity contribution is -0.221. The molecule has 47 heavy (non-hydrogen) atoms. The Morgan fingerprint density at radius 1 is 0.766 bits per heavy atom. The molecule has 0 aliphatic heterocycles. The molecule has 5 rings (SSSR count). The molecular weight excluding hydrogens is 596 g/mol. The van der Waals surface area contributed by atoms with Crippen molar-refractivity contribution in [2.75, 3.05) is 47.3 Å². The van der Waals surface area contributed by atoms with Crippen molar-refractivity contribution in [2.24, 2.45) is 0 Å². The minimum absolute atomic E-state index is 0. The van der Waals surface area contributed by atoms with Gasteiger partial charge < -0.3 is 25.1 Å². The number of benzene rings is 2. The van der Waals surface area contributed by atoms with Crippen LogP contribution in [0.15, 0.2) is 89.7 Å². The van der Waals surface area contributed by atoms with E-state index in [1.54, 1.807) is 6.26 Å². The van der Waals surface area contributed by atoms with E-state index in [0.717, 1.165) is 53.6 Å². The minimum atomic E-state index is -0.279. The van der Waals surface area contributed by atoms with E-state index >= 15 is 0 Å². The second-order valence-corrected chi connectivity index (χ2v) is 12.6. The SMILES string of the molecule is CN(C)CCCN(CCN(C)OC(C)(C)C)Oc1c(Cc2ccco2)nc2c(Cc3ccccc3)nc(-c3ccccc3)cn12.O.O. The Bertz CT molecular complexity index is 1620. The van der Waals surface area contributed by atoms with Crippen LogP contribution in [0.1, 0.15) is 49.9 Å². The number of hydrogen-bond donors (Lipinski definition) is 0. The number of likely N-dealkylation sites (N-methyl/N-ethyl adjacent to an activating group) is 1. The molecule has 0 aliphatic rings. The van der Waals surface area contributed by atoms with Crippen molar-refractivity contribution in [3.8, 4) is 17.1 Å². The molecule has 11 nitrogen and oxygen atoms in total. The fourth-order valence-electron chi connectivity index (χ4n) is 5.23. The van der Waals surface area contributed by atoms with Gasteiger partial charge in [-0.2, -0.15) is 5.06 Å². The van der Waals surface area contributed by atoms with Crippen molar-refractivity contribution >= 4 is 5.65 Å². The normalized spacial score (nSPS) is 11.7. The molecule has 0 bridgehead atoms. The summed E-state index contributed by atoms with van der Waals surface area (Å²) < 4.78 is 7.84. The zero-order valence-electron chi connectivity index (χ0n) is 28.4. The quantitative estimate of drug-likeness (QED) is 0.149.